The third-order valence-electron chi connectivity index (χ3n) is 6.03. The number of fused-ring (bicyclic) bond motifs is 6. The van der Waals surface area contributed by atoms with Crippen molar-refractivity contribution in [2.45, 2.75) is 58.3 Å². The Bertz CT molecular complexity index is 997. The Morgan fingerprint density at radius 2 is 2.15 bits per heavy atom. The summed E-state index contributed by atoms with van der Waals surface area (Å²) >= 11 is 0. The Balaban J connectivity index is 1.50. The van der Waals surface area contributed by atoms with Gasteiger partial charge in [0.25, 0.3) is 0 Å². The molecule has 0 aromatic carbocycles. The van der Waals surface area contributed by atoms with Gasteiger partial charge in [0, 0.05) is 54.1 Å². The van der Waals surface area contributed by atoms with Crippen LogP contribution in [-0.2, 0) is 19.5 Å². The van der Waals surface area contributed by atoms with Crippen molar-refractivity contribution < 1.29 is 0 Å². The van der Waals surface area contributed by atoms with Gasteiger partial charge in [-0.2, -0.15) is 10.2 Å². The van der Waals surface area contributed by atoms with Crippen LogP contribution in [0.3, 0.4) is 0 Å². The number of hydrogen-bond donors (Lipinski definition) is 0. The molecule has 134 valence electrons. The van der Waals surface area contributed by atoms with E-state index in [1.165, 1.54) is 35.4 Å². The lowest BCUT2D eigenvalue weighted by Crippen LogP contribution is -2.38. The second kappa shape index (κ2) is 5.77. The number of allylic oxidation sites excluding steroid dienone is 1. The van der Waals surface area contributed by atoms with Crippen LogP contribution in [0.4, 0.5) is 0 Å². The summed E-state index contributed by atoms with van der Waals surface area (Å²) in [4.78, 5) is 7.31. The Morgan fingerprint density at radius 3 is 3.00 bits per heavy atom. The zero-order valence-electron chi connectivity index (χ0n) is 15.4. The number of hydrogen-bond acceptors (Lipinski definition) is 4. The van der Waals surface area contributed by atoms with Crippen molar-refractivity contribution in [1.29, 1.82) is 0 Å². The van der Waals surface area contributed by atoms with Gasteiger partial charge in [0.15, 0.2) is 5.65 Å². The van der Waals surface area contributed by atoms with Crippen molar-refractivity contribution in [2.24, 2.45) is 0 Å². The molecule has 5 rings (SSSR count). The van der Waals surface area contributed by atoms with E-state index >= 15 is 0 Å². The van der Waals surface area contributed by atoms with E-state index in [9.17, 15) is 0 Å². The van der Waals surface area contributed by atoms with Gasteiger partial charge in [-0.15, -0.1) is 6.58 Å². The quantitative estimate of drug-likeness (QED) is 0.680. The minimum atomic E-state index is 0.437. The van der Waals surface area contributed by atoms with Gasteiger partial charge >= 0.3 is 0 Å². The van der Waals surface area contributed by atoms with Crippen molar-refractivity contribution in [3.8, 4) is 0 Å². The standard InChI is InChI=1S/C20H24N6/c1-4-7-25-14(3)15(10-22-25)12-24-16-5-6-18(24)17-11-21-20-8-13(2)23-26(20)19(17)9-16/h4,8,10-11,16,18H,1,5-7,9,12H2,2-3H3/t16-,18-/m1/s1. The minimum Gasteiger partial charge on any atom is -0.288 e. The maximum Gasteiger partial charge on any atom is 0.155 e. The van der Waals surface area contributed by atoms with E-state index in [1.54, 1.807) is 0 Å². The van der Waals surface area contributed by atoms with Crippen molar-refractivity contribution >= 4 is 5.65 Å². The Hall–Kier alpha value is -2.47. The van der Waals surface area contributed by atoms with Gasteiger partial charge in [0.05, 0.1) is 24.1 Å². The van der Waals surface area contributed by atoms with Gasteiger partial charge < -0.3 is 0 Å². The molecule has 3 aromatic rings. The first kappa shape index (κ1) is 15.8. The number of rotatable bonds is 4. The highest BCUT2D eigenvalue weighted by Gasteiger charge is 2.41. The summed E-state index contributed by atoms with van der Waals surface area (Å²) in [6.45, 7) is 9.73. The van der Waals surface area contributed by atoms with Crippen molar-refractivity contribution in [2.75, 3.05) is 0 Å². The van der Waals surface area contributed by atoms with Crippen LogP contribution >= 0.6 is 0 Å². The summed E-state index contributed by atoms with van der Waals surface area (Å²) in [5.41, 5.74) is 7.26. The van der Waals surface area contributed by atoms with Crippen molar-refractivity contribution in [3.05, 3.63) is 59.3 Å². The van der Waals surface area contributed by atoms with E-state index < -0.39 is 0 Å². The summed E-state index contributed by atoms with van der Waals surface area (Å²) in [5.74, 6) is 0. The van der Waals surface area contributed by atoms with Crippen LogP contribution in [0.5, 0.6) is 0 Å². The fourth-order valence-corrected chi connectivity index (χ4v) is 4.69. The molecule has 6 nitrogen and oxygen atoms in total. The molecule has 2 bridgehead atoms. The minimum absolute atomic E-state index is 0.437. The fraction of sp³-hybridized carbons (Fsp3) is 0.450. The molecule has 1 fully saturated rings. The molecule has 2 aliphatic rings. The molecule has 3 aromatic heterocycles. The van der Waals surface area contributed by atoms with E-state index in [0.717, 1.165) is 30.9 Å². The summed E-state index contributed by atoms with van der Waals surface area (Å²) < 4.78 is 4.10. The highest BCUT2D eigenvalue weighted by molar-refractivity contribution is 5.44. The topological polar surface area (TPSA) is 51.2 Å². The third-order valence-corrected chi connectivity index (χ3v) is 6.03. The molecule has 5 heterocycles. The van der Waals surface area contributed by atoms with Gasteiger partial charge in [-0.1, -0.05) is 6.08 Å². The third kappa shape index (κ3) is 2.25. The molecule has 0 aliphatic carbocycles. The molecule has 0 unspecified atom stereocenters. The van der Waals surface area contributed by atoms with Crippen LogP contribution in [0.25, 0.3) is 5.65 Å². The number of aromatic nitrogens is 5. The molecular weight excluding hydrogens is 324 g/mol. The van der Waals surface area contributed by atoms with Crippen LogP contribution in [-0.4, -0.2) is 35.3 Å². The van der Waals surface area contributed by atoms with Crippen LogP contribution in [0.15, 0.2) is 31.1 Å². The second-order valence-electron chi connectivity index (χ2n) is 7.57. The van der Waals surface area contributed by atoms with E-state index in [1.807, 2.05) is 23.9 Å². The summed E-state index contributed by atoms with van der Waals surface area (Å²) in [7, 11) is 0. The lowest BCUT2D eigenvalue weighted by Gasteiger charge is -2.36. The van der Waals surface area contributed by atoms with E-state index in [0.29, 0.717) is 12.1 Å². The molecule has 26 heavy (non-hydrogen) atoms. The second-order valence-corrected chi connectivity index (χ2v) is 7.57. The first-order valence-electron chi connectivity index (χ1n) is 9.38. The summed E-state index contributed by atoms with van der Waals surface area (Å²) in [6, 6.07) is 3.07. The fourth-order valence-electron chi connectivity index (χ4n) is 4.69. The molecule has 0 amide bonds. The van der Waals surface area contributed by atoms with Crippen LogP contribution < -0.4 is 0 Å². The average molecular weight is 348 g/mol. The lowest BCUT2D eigenvalue weighted by atomic mass is 9.98. The maximum absolute atomic E-state index is 4.68. The molecule has 0 saturated carbocycles. The predicted molar refractivity (Wildman–Crippen MR) is 99.9 cm³/mol. The predicted octanol–water partition coefficient (Wildman–Crippen LogP) is 2.99. The van der Waals surface area contributed by atoms with Crippen molar-refractivity contribution in [1.82, 2.24) is 29.3 Å². The Labute approximate surface area is 153 Å². The molecule has 0 N–H and O–H groups in total. The Morgan fingerprint density at radius 1 is 1.27 bits per heavy atom. The molecule has 2 atom stereocenters. The molecule has 1 saturated heterocycles. The van der Waals surface area contributed by atoms with Gasteiger partial charge in [0.2, 0.25) is 0 Å². The summed E-state index contributed by atoms with van der Waals surface area (Å²) in [6.07, 6.45) is 9.48. The van der Waals surface area contributed by atoms with Gasteiger partial charge in [-0.05, 0) is 26.7 Å². The van der Waals surface area contributed by atoms with Gasteiger partial charge in [-0.25, -0.2) is 9.50 Å². The number of nitrogens with zero attached hydrogens (tertiary/aromatic N) is 6. The molecule has 6 heteroatoms. The summed E-state index contributed by atoms with van der Waals surface area (Å²) in [5, 5.41) is 9.20. The van der Waals surface area contributed by atoms with Gasteiger partial charge in [-0.3, -0.25) is 9.58 Å². The largest absolute Gasteiger partial charge is 0.288 e. The first-order chi connectivity index (χ1) is 12.7. The van der Waals surface area contributed by atoms with Crippen LogP contribution in [0.1, 0.15) is 47.1 Å². The van der Waals surface area contributed by atoms with Gasteiger partial charge in [0.1, 0.15) is 0 Å². The SMILES string of the molecule is C=CCn1ncc(CN2[C@@H]3CC[C@@H]2c2cnc4cc(C)nn4c2C3)c1C. The molecule has 0 radical (unpaired) electrons. The van der Waals surface area contributed by atoms with E-state index in [-0.39, 0.29) is 0 Å². The number of aryl methyl sites for hydroxylation is 1. The van der Waals surface area contributed by atoms with E-state index in [2.05, 4.69) is 50.4 Å². The average Bonchev–Trinajstić information content (AvgIpc) is 3.25. The van der Waals surface area contributed by atoms with Crippen LogP contribution in [0, 0.1) is 13.8 Å². The maximum atomic E-state index is 4.68. The monoisotopic (exact) mass is 348 g/mol. The molecular formula is C20H24N6. The highest BCUT2D eigenvalue weighted by atomic mass is 15.3. The zero-order valence-corrected chi connectivity index (χ0v) is 15.4. The zero-order chi connectivity index (χ0) is 17.8. The van der Waals surface area contributed by atoms with Crippen molar-refractivity contribution in [3.63, 3.8) is 0 Å². The molecule has 0 spiro atoms. The smallest absolute Gasteiger partial charge is 0.155 e. The Kier molecular flexibility index (Phi) is 3.50. The van der Waals surface area contributed by atoms with Crippen LogP contribution in [0.2, 0.25) is 0 Å². The highest BCUT2D eigenvalue weighted by Crippen LogP contribution is 2.44. The molecule has 2 aliphatic heterocycles. The van der Waals surface area contributed by atoms with E-state index in [4.69, 9.17) is 0 Å². The lowest BCUT2D eigenvalue weighted by molar-refractivity contribution is 0.164. The first-order valence-corrected chi connectivity index (χ1v) is 9.38. The normalized spacial score (nSPS) is 22.1.